The van der Waals surface area contributed by atoms with Crippen molar-refractivity contribution in [1.29, 1.82) is 0 Å². The topological polar surface area (TPSA) is 80.2 Å². The van der Waals surface area contributed by atoms with Crippen LogP contribution in [0.5, 0.6) is 0 Å². The van der Waals surface area contributed by atoms with Gasteiger partial charge in [-0.15, -0.1) is 10.2 Å². The van der Waals surface area contributed by atoms with Crippen molar-refractivity contribution in [3.05, 3.63) is 65.6 Å². The standard InChI is InChI=1S/C20H25N5O2/c1-24-13-16(12-21-24)18(26)11-17-8-5-9-25(17)14-20-23-22-19(27-20)10-15-6-3-2-4-7-15/h2-4,6-7,12-13,17-18,26H,5,8-11,14H2,1H3/t17-,18-/m1/s1. The SMILES string of the molecule is Cn1cc([C@H](O)C[C@H]2CCCN2Cc2nnc(Cc3ccccc3)o2)cn1. The molecule has 7 heteroatoms. The van der Waals surface area contributed by atoms with Gasteiger partial charge in [0.05, 0.1) is 25.3 Å². The molecule has 0 bridgehead atoms. The number of nitrogens with zero attached hydrogens (tertiary/aromatic N) is 5. The zero-order valence-electron chi connectivity index (χ0n) is 15.5. The lowest BCUT2D eigenvalue weighted by Crippen LogP contribution is -2.30. The summed E-state index contributed by atoms with van der Waals surface area (Å²) >= 11 is 0. The van der Waals surface area contributed by atoms with Crippen molar-refractivity contribution in [3.8, 4) is 0 Å². The number of aliphatic hydroxyl groups excluding tert-OH is 1. The van der Waals surface area contributed by atoms with Crippen LogP contribution >= 0.6 is 0 Å². The lowest BCUT2D eigenvalue weighted by molar-refractivity contribution is 0.113. The second-order valence-corrected chi connectivity index (χ2v) is 7.22. The molecule has 0 aliphatic carbocycles. The summed E-state index contributed by atoms with van der Waals surface area (Å²) in [5.41, 5.74) is 2.03. The minimum absolute atomic E-state index is 0.310. The Morgan fingerprint density at radius 3 is 2.81 bits per heavy atom. The van der Waals surface area contributed by atoms with Crippen LogP contribution in [0.1, 0.15) is 48.3 Å². The number of aliphatic hydroxyl groups is 1. The fraction of sp³-hybridized carbons (Fsp3) is 0.450. The van der Waals surface area contributed by atoms with Gasteiger partial charge in [0.25, 0.3) is 0 Å². The van der Waals surface area contributed by atoms with Crippen LogP contribution in [-0.4, -0.2) is 42.6 Å². The first-order valence-corrected chi connectivity index (χ1v) is 9.43. The monoisotopic (exact) mass is 367 g/mol. The molecule has 0 amide bonds. The van der Waals surface area contributed by atoms with E-state index in [0.29, 0.717) is 37.2 Å². The summed E-state index contributed by atoms with van der Waals surface area (Å²) in [4.78, 5) is 2.33. The second-order valence-electron chi connectivity index (χ2n) is 7.22. The van der Waals surface area contributed by atoms with Crippen molar-refractivity contribution >= 4 is 0 Å². The average molecular weight is 367 g/mol. The number of aromatic nitrogens is 4. The normalized spacial score (nSPS) is 18.8. The first kappa shape index (κ1) is 17.9. The lowest BCUT2D eigenvalue weighted by atomic mass is 10.0. The van der Waals surface area contributed by atoms with E-state index in [2.05, 4.69) is 32.3 Å². The van der Waals surface area contributed by atoms with Gasteiger partial charge in [0, 0.05) is 24.8 Å². The van der Waals surface area contributed by atoms with Crippen LogP contribution in [0.4, 0.5) is 0 Å². The molecule has 1 saturated heterocycles. The van der Waals surface area contributed by atoms with Gasteiger partial charge in [-0.3, -0.25) is 9.58 Å². The number of rotatable bonds is 7. The van der Waals surface area contributed by atoms with E-state index in [-0.39, 0.29) is 0 Å². The van der Waals surface area contributed by atoms with Crippen molar-refractivity contribution in [2.75, 3.05) is 6.54 Å². The molecule has 0 saturated carbocycles. The zero-order valence-corrected chi connectivity index (χ0v) is 15.5. The van der Waals surface area contributed by atoms with Crippen molar-refractivity contribution < 1.29 is 9.52 Å². The molecule has 3 heterocycles. The molecule has 1 N–H and O–H groups in total. The van der Waals surface area contributed by atoms with Gasteiger partial charge in [-0.25, -0.2) is 0 Å². The third-order valence-corrected chi connectivity index (χ3v) is 5.15. The van der Waals surface area contributed by atoms with Crippen LogP contribution in [0, 0.1) is 0 Å². The molecule has 0 spiro atoms. The molecule has 1 aliphatic heterocycles. The second kappa shape index (κ2) is 8.02. The molecule has 1 aromatic carbocycles. The molecule has 0 radical (unpaired) electrons. The van der Waals surface area contributed by atoms with E-state index >= 15 is 0 Å². The highest BCUT2D eigenvalue weighted by Gasteiger charge is 2.28. The minimum atomic E-state index is -0.499. The molecule has 0 unspecified atom stereocenters. The lowest BCUT2D eigenvalue weighted by Gasteiger charge is -2.24. The Hall–Kier alpha value is -2.51. The third-order valence-electron chi connectivity index (χ3n) is 5.15. The van der Waals surface area contributed by atoms with Gasteiger partial charge in [-0.1, -0.05) is 30.3 Å². The predicted octanol–water partition coefficient (Wildman–Crippen LogP) is 2.48. The van der Waals surface area contributed by atoms with E-state index < -0.39 is 6.10 Å². The highest BCUT2D eigenvalue weighted by Crippen LogP contribution is 2.28. The van der Waals surface area contributed by atoms with Crippen LogP contribution in [0.2, 0.25) is 0 Å². The van der Waals surface area contributed by atoms with E-state index in [0.717, 1.165) is 30.5 Å². The van der Waals surface area contributed by atoms with E-state index in [4.69, 9.17) is 4.42 Å². The molecule has 1 fully saturated rings. The Bertz CT molecular complexity index is 860. The van der Waals surface area contributed by atoms with Gasteiger partial charge in [-0.2, -0.15) is 5.10 Å². The van der Waals surface area contributed by atoms with Gasteiger partial charge in [-0.05, 0) is 31.4 Å². The molecular formula is C20H25N5O2. The van der Waals surface area contributed by atoms with Crippen molar-refractivity contribution in [2.45, 2.75) is 44.4 Å². The molecular weight excluding hydrogens is 342 g/mol. The van der Waals surface area contributed by atoms with Crippen LogP contribution in [0.15, 0.2) is 47.1 Å². The summed E-state index contributed by atoms with van der Waals surface area (Å²) in [7, 11) is 1.86. The molecule has 2 aromatic heterocycles. The summed E-state index contributed by atoms with van der Waals surface area (Å²) in [6.45, 7) is 1.62. The summed E-state index contributed by atoms with van der Waals surface area (Å²) in [5, 5.41) is 23.1. The van der Waals surface area contributed by atoms with Crippen molar-refractivity contribution in [1.82, 2.24) is 24.9 Å². The molecule has 142 valence electrons. The first-order valence-electron chi connectivity index (χ1n) is 9.43. The molecule has 2 atom stereocenters. The minimum Gasteiger partial charge on any atom is -0.424 e. The van der Waals surface area contributed by atoms with Crippen LogP contribution in [-0.2, 0) is 20.0 Å². The van der Waals surface area contributed by atoms with E-state index in [1.54, 1.807) is 10.9 Å². The highest BCUT2D eigenvalue weighted by atomic mass is 16.4. The zero-order chi connectivity index (χ0) is 18.6. The van der Waals surface area contributed by atoms with Gasteiger partial charge < -0.3 is 9.52 Å². The smallest absolute Gasteiger partial charge is 0.230 e. The Morgan fingerprint density at radius 2 is 2.04 bits per heavy atom. The largest absolute Gasteiger partial charge is 0.424 e. The van der Waals surface area contributed by atoms with Gasteiger partial charge >= 0.3 is 0 Å². The number of benzene rings is 1. The summed E-state index contributed by atoms with van der Waals surface area (Å²) in [5.74, 6) is 1.28. The predicted molar refractivity (Wildman–Crippen MR) is 99.8 cm³/mol. The Morgan fingerprint density at radius 1 is 1.22 bits per heavy atom. The summed E-state index contributed by atoms with van der Waals surface area (Å²) < 4.78 is 7.57. The highest BCUT2D eigenvalue weighted by molar-refractivity contribution is 5.17. The maximum Gasteiger partial charge on any atom is 0.230 e. The maximum absolute atomic E-state index is 10.5. The van der Waals surface area contributed by atoms with Gasteiger partial charge in [0.2, 0.25) is 11.8 Å². The number of hydrogen-bond acceptors (Lipinski definition) is 6. The summed E-state index contributed by atoms with van der Waals surface area (Å²) in [6.07, 6.45) is 6.64. The molecule has 3 aromatic rings. The third kappa shape index (κ3) is 4.43. The van der Waals surface area contributed by atoms with Gasteiger partial charge in [0.1, 0.15) is 0 Å². The van der Waals surface area contributed by atoms with Crippen molar-refractivity contribution in [2.24, 2.45) is 7.05 Å². The Kier molecular flexibility index (Phi) is 5.31. The molecule has 1 aliphatic rings. The first-order chi connectivity index (χ1) is 13.2. The Balaban J connectivity index is 1.35. The van der Waals surface area contributed by atoms with Crippen LogP contribution in [0.25, 0.3) is 0 Å². The van der Waals surface area contributed by atoms with E-state index in [1.807, 2.05) is 31.4 Å². The molecule has 27 heavy (non-hydrogen) atoms. The average Bonchev–Trinajstić information content (AvgIpc) is 3.39. The van der Waals surface area contributed by atoms with Gasteiger partial charge in [0.15, 0.2) is 0 Å². The molecule has 4 rings (SSSR count). The Labute approximate surface area is 158 Å². The molecule has 7 nitrogen and oxygen atoms in total. The van der Waals surface area contributed by atoms with E-state index in [9.17, 15) is 5.11 Å². The van der Waals surface area contributed by atoms with Crippen molar-refractivity contribution in [3.63, 3.8) is 0 Å². The van der Waals surface area contributed by atoms with E-state index in [1.165, 1.54) is 0 Å². The number of likely N-dealkylation sites (tertiary alicyclic amines) is 1. The maximum atomic E-state index is 10.5. The summed E-state index contributed by atoms with van der Waals surface area (Å²) in [6, 6.07) is 10.4. The number of hydrogen-bond donors (Lipinski definition) is 1. The van der Waals surface area contributed by atoms with Crippen LogP contribution in [0.3, 0.4) is 0 Å². The fourth-order valence-electron chi connectivity index (χ4n) is 3.74. The number of aryl methyl sites for hydroxylation is 1. The fourth-order valence-corrected chi connectivity index (χ4v) is 3.74. The van der Waals surface area contributed by atoms with Crippen LogP contribution < -0.4 is 0 Å². The quantitative estimate of drug-likeness (QED) is 0.691.